The highest BCUT2D eigenvalue weighted by Crippen LogP contribution is 2.21. The fraction of sp³-hybridized carbons (Fsp3) is 0.895. The summed E-state index contributed by atoms with van der Waals surface area (Å²) in [7, 11) is 1.80. The highest BCUT2D eigenvalue weighted by molar-refractivity contribution is 5.79. The van der Waals surface area contributed by atoms with E-state index < -0.39 is 5.60 Å². The van der Waals surface area contributed by atoms with E-state index in [4.69, 9.17) is 4.74 Å². The van der Waals surface area contributed by atoms with Crippen molar-refractivity contribution in [2.45, 2.75) is 72.4 Å². The van der Waals surface area contributed by atoms with E-state index in [0.717, 1.165) is 44.9 Å². The van der Waals surface area contributed by atoms with Gasteiger partial charge in [0.2, 0.25) is 0 Å². The van der Waals surface area contributed by atoms with E-state index in [1.54, 1.807) is 7.05 Å². The summed E-state index contributed by atoms with van der Waals surface area (Å²) >= 11 is 0. The lowest BCUT2D eigenvalue weighted by atomic mass is 9.95. The Labute approximate surface area is 153 Å². The molecule has 1 fully saturated rings. The Morgan fingerprint density at radius 2 is 2.00 bits per heavy atom. The third kappa shape index (κ3) is 8.45. The van der Waals surface area contributed by atoms with Gasteiger partial charge in [-0.05, 0) is 58.8 Å². The van der Waals surface area contributed by atoms with E-state index in [9.17, 15) is 4.79 Å². The van der Waals surface area contributed by atoms with Gasteiger partial charge in [0.05, 0.1) is 0 Å². The van der Waals surface area contributed by atoms with Crippen LogP contribution in [0.3, 0.4) is 0 Å². The van der Waals surface area contributed by atoms with Crippen LogP contribution in [-0.2, 0) is 4.74 Å². The van der Waals surface area contributed by atoms with Gasteiger partial charge in [-0.3, -0.25) is 4.99 Å². The molecule has 1 heterocycles. The van der Waals surface area contributed by atoms with Crippen molar-refractivity contribution in [2.24, 2.45) is 16.8 Å². The van der Waals surface area contributed by atoms with E-state index in [1.165, 1.54) is 0 Å². The summed E-state index contributed by atoms with van der Waals surface area (Å²) < 4.78 is 5.49. The normalized spacial score (nSPS) is 20.4. The summed E-state index contributed by atoms with van der Waals surface area (Å²) in [6.45, 7) is 14.7. The molecule has 0 aromatic rings. The number of hydrogen-bond acceptors (Lipinski definition) is 3. The molecule has 6 nitrogen and oxygen atoms in total. The quantitative estimate of drug-likeness (QED) is 0.588. The third-order valence-electron chi connectivity index (χ3n) is 4.60. The van der Waals surface area contributed by atoms with Gasteiger partial charge < -0.3 is 20.3 Å². The molecule has 6 heteroatoms. The van der Waals surface area contributed by atoms with Crippen molar-refractivity contribution >= 4 is 12.1 Å². The van der Waals surface area contributed by atoms with Crippen LogP contribution in [0.1, 0.15) is 60.8 Å². The third-order valence-corrected chi connectivity index (χ3v) is 4.60. The lowest BCUT2D eigenvalue weighted by Crippen LogP contribution is -2.46. The van der Waals surface area contributed by atoms with E-state index in [2.05, 4.69) is 36.4 Å². The summed E-state index contributed by atoms with van der Waals surface area (Å²) in [6, 6.07) is 0.378. The molecule has 1 amide bonds. The first-order valence-electron chi connectivity index (χ1n) is 9.57. The maximum Gasteiger partial charge on any atom is 0.410 e. The zero-order chi connectivity index (χ0) is 19.0. The van der Waals surface area contributed by atoms with Gasteiger partial charge in [-0.1, -0.05) is 13.8 Å². The Bertz CT molecular complexity index is 443. The lowest BCUT2D eigenvalue weighted by molar-refractivity contribution is 0.0162. The van der Waals surface area contributed by atoms with E-state index >= 15 is 0 Å². The fourth-order valence-electron chi connectivity index (χ4n) is 2.76. The van der Waals surface area contributed by atoms with Crippen LogP contribution in [0.2, 0.25) is 0 Å². The maximum atomic E-state index is 12.2. The predicted molar refractivity (Wildman–Crippen MR) is 104 cm³/mol. The number of hydrogen-bond donors (Lipinski definition) is 2. The average molecular weight is 355 g/mol. The Morgan fingerprint density at radius 3 is 2.56 bits per heavy atom. The molecule has 2 unspecified atom stereocenters. The Morgan fingerprint density at radius 1 is 1.32 bits per heavy atom. The monoisotopic (exact) mass is 354 g/mol. The number of aliphatic imine (C=N–C) groups is 1. The van der Waals surface area contributed by atoms with Crippen molar-refractivity contribution in [3.8, 4) is 0 Å². The minimum Gasteiger partial charge on any atom is -0.444 e. The first kappa shape index (κ1) is 21.6. The zero-order valence-electron chi connectivity index (χ0n) is 17.2. The van der Waals surface area contributed by atoms with Crippen molar-refractivity contribution in [1.82, 2.24) is 15.5 Å². The van der Waals surface area contributed by atoms with Gasteiger partial charge in [0, 0.05) is 32.7 Å². The van der Waals surface area contributed by atoms with Crippen LogP contribution in [-0.4, -0.2) is 55.3 Å². The first-order chi connectivity index (χ1) is 11.6. The molecule has 1 aliphatic heterocycles. The predicted octanol–water partition coefficient (Wildman–Crippen LogP) is 3.23. The minimum absolute atomic E-state index is 0.187. The van der Waals surface area contributed by atoms with Gasteiger partial charge in [-0.15, -0.1) is 0 Å². The summed E-state index contributed by atoms with van der Waals surface area (Å²) in [5.41, 5.74) is -0.434. The van der Waals surface area contributed by atoms with E-state index in [0.29, 0.717) is 17.9 Å². The number of amides is 1. The second-order valence-corrected chi connectivity index (χ2v) is 8.40. The molecule has 0 aromatic heterocycles. The SMILES string of the molecule is CN=C(NCCC1CCCN(C(=O)OC(C)(C)C)C1)NC(C)C(C)C. The van der Waals surface area contributed by atoms with Crippen molar-refractivity contribution in [2.75, 3.05) is 26.7 Å². The summed E-state index contributed by atoms with van der Waals surface area (Å²) in [6.07, 6.45) is 3.04. The van der Waals surface area contributed by atoms with Crippen molar-refractivity contribution < 1.29 is 9.53 Å². The van der Waals surface area contributed by atoms with Gasteiger partial charge in [-0.25, -0.2) is 4.79 Å². The van der Waals surface area contributed by atoms with Gasteiger partial charge >= 0.3 is 6.09 Å². The fourth-order valence-corrected chi connectivity index (χ4v) is 2.76. The largest absolute Gasteiger partial charge is 0.444 e. The zero-order valence-corrected chi connectivity index (χ0v) is 17.2. The van der Waals surface area contributed by atoms with Crippen LogP contribution in [0.15, 0.2) is 4.99 Å². The number of likely N-dealkylation sites (tertiary alicyclic amines) is 1. The van der Waals surface area contributed by atoms with E-state index in [-0.39, 0.29) is 6.09 Å². The Hall–Kier alpha value is -1.46. The van der Waals surface area contributed by atoms with E-state index in [1.807, 2.05) is 25.7 Å². The van der Waals surface area contributed by atoms with Gasteiger partial charge in [0.25, 0.3) is 0 Å². The molecule has 0 aromatic carbocycles. The first-order valence-corrected chi connectivity index (χ1v) is 9.57. The summed E-state index contributed by atoms with van der Waals surface area (Å²) in [5.74, 6) is 1.91. The molecule has 0 spiro atoms. The van der Waals surface area contributed by atoms with Gasteiger partial charge in [0.15, 0.2) is 5.96 Å². The number of carbonyl (C=O) groups is 1. The Kier molecular flexibility index (Phi) is 8.53. The molecule has 1 rings (SSSR count). The molecule has 25 heavy (non-hydrogen) atoms. The maximum absolute atomic E-state index is 12.2. The number of piperidine rings is 1. The Balaban J connectivity index is 2.38. The molecular weight excluding hydrogens is 316 g/mol. The second-order valence-electron chi connectivity index (χ2n) is 8.40. The molecule has 0 saturated carbocycles. The van der Waals surface area contributed by atoms with Crippen LogP contribution in [0.25, 0.3) is 0 Å². The highest BCUT2D eigenvalue weighted by atomic mass is 16.6. The smallest absolute Gasteiger partial charge is 0.410 e. The molecule has 146 valence electrons. The number of ether oxygens (including phenoxy) is 1. The summed E-state index contributed by atoms with van der Waals surface area (Å²) in [4.78, 5) is 18.4. The molecule has 0 radical (unpaired) electrons. The van der Waals surface area contributed by atoms with Crippen LogP contribution < -0.4 is 10.6 Å². The minimum atomic E-state index is -0.434. The van der Waals surface area contributed by atoms with Crippen molar-refractivity contribution in [3.05, 3.63) is 0 Å². The average Bonchev–Trinajstić information content (AvgIpc) is 2.52. The second kappa shape index (κ2) is 9.88. The molecular formula is C19H38N4O2. The number of guanidine groups is 1. The number of carbonyl (C=O) groups excluding carboxylic acids is 1. The number of nitrogens with zero attached hydrogens (tertiary/aromatic N) is 2. The molecule has 1 aliphatic rings. The lowest BCUT2D eigenvalue weighted by Gasteiger charge is -2.34. The molecule has 0 bridgehead atoms. The van der Waals surface area contributed by atoms with Crippen LogP contribution in [0.5, 0.6) is 0 Å². The molecule has 2 atom stereocenters. The topological polar surface area (TPSA) is 66.0 Å². The van der Waals surface area contributed by atoms with Crippen molar-refractivity contribution in [3.63, 3.8) is 0 Å². The van der Waals surface area contributed by atoms with Gasteiger partial charge in [-0.2, -0.15) is 0 Å². The van der Waals surface area contributed by atoms with Crippen molar-refractivity contribution in [1.29, 1.82) is 0 Å². The number of nitrogens with one attached hydrogen (secondary N) is 2. The number of rotatable bonds is 5. The van der Waals surface area contributed by atoms with Gasteiger partial charge in [0.1, 0.15) is 5.60 Å². The van der Waals surface area contributed by atoms with Crippen LogP contribution >= 0.6 is 0 Å². The molecule has 2 N–H and O–H groups in total. The van der Waals surface area contributed by atoms with Crippen LogP contribution in [0.4, 0.5) is 4.79 Å². The standard InChI is InChI=1S/C19H38N4O2/c1-14(2)15(3)22-17(20-7)21-11-10-16-9-8-12-23(13-16)18(24)25-19(4,5)6/h14-16H,8-13H2,1-7H3,(H2,20,21,22). The highest BCUT2D eigenvalue weighted by Gasteiger charge is 2.27. The molecule has 1 saturated heterocycles. The summed E-state index contributed by atoms with van der Waals surface area (Å²) in [5, 5.41) is 6.80. The van der Waals surface area contributed by atoms with Crippen LogP contribution in [0, 0.1) is 11.8 Å². The molecule has 0 aliphatic carbocycles.